The number of rotatable bonds is 4. The van der Waals surface area contributed by atoms with Crippen LogP contribution in [0.2, 0.25) is 0 Å². The van der Waals surface area contributed by atoms with Crippen LogP contribution in [0.4, 0.5) is 0 Å². The third-order valence-electron chi connectivity index (χ3n) is 4.07. The summed E-state index contributed by atoms with van der Waals surface area (Å²) in [6.45, 7) is 10.8. The summed E-state index contributed by atoms with van der Waals surface area (Å²) < 4.78 is 11.0. The predicted molar refractivity (Wildman–Crippen MR) is 97.0 cm³/mol. The van der Waals surface area contributed by atoms with Gasteiger partial charge in [-0.1, -0.05) is 0 Å². The summed E-state index contributed by atoms with van der Waals surface area (Å²) >= 11 is 0. The fourth-order valence-electron chi connectivity index (χ4n) is 3.04. The Hall–Kier alpha value is -1.53. The lowest BCUT2D eigenvalue weighted by Gasteiger charge is -2.19. The normalized spacial score (nSPS) is 10.9. The summed E-state index contributed by atoms with van der Waals surface area (Å²) in [4.78, 5) is 0. The van der Waals surface area contributed by atoms with Gasteiger partial charge in [-0.25, -0.2) is 0 Å². The predicted octanol–water partition coefficient (Wildman–Crippen LogP) is 4.00. The van der Waals surface area contributed by atoms with Crippen LogP contribution in [0.3, 0.4) is 0 Å². The van der Waals surface area contributed by atoms with Crippen LogP contribution < -0.4 is 20.1 Å². The second kappa shape index (κ2) is 6.71. The first-order valence-electron chi connectivity index (χ1n) is 7.43. The maximum atomic E-state index is 5.48. The van der Waals surface area contributed by atoms with E-state index in [1.807, 2.05) is 0 Å². The van der Waals surface area contributed by atoms with Gasteiger partial charge >= 0.3 is 0 Å². The van der Waals surface area contributed by atoms with Gasteiger partial charge in [-0.05, 0) is 99.4 Å². The second-order valence-electron chi connectivity index (χ2n) is 5.78. The minimum atomic E-state index is -0.381. The Morgan fingerprint density at radius 3 is 1.14 bits per heavy atom. The molecule has 0 bridgehead atoms. The van der Waals surface area contributed by atoms with Gasteiger partial charge in [0.2, 0.25) is 0 Å². The zero-order chi connectivity index (χ0) is 16.4. The van der Waals surface area contributed by atoms with Crippen molar-refractivity contribution in [1.82, 2.24) is 0 Å². The van der Waals surface area contributed by atoms with E-state index in [1.165, 1.54) is 32.9 Å². The van der Waals surface area contributed by atoms with Crippen molar-refractivity contribution in [3.8, 4) is 11.5 Å². The number of ether oxygens (including phenoxy) is 2. The highest BCUT2D eigenvalue weighted by Gasteiger charge is 2.14. The van der Waals surface area contributed by atoms with Crippen LogP contribution in [0.1, 0.15) is 22.3 Å². The number of aryl methyl sites for hydroxylation is 4. The molecule has 2 nitrogen and oxygen atoms in total. The average Bonchev–Trinajstić information content (AvgIpc) is 2.45. The van der Waals surface area contributed by atoms with Gasteiger partial charge in [-0.2, -0.15) is 0 Å². The Morgan fingerprint density at radius 1 is 0.636 bits per heavy atom. The number of benzene rings is 2. The van der Waals surface area contributed by atoms with Crippen molar-refractivity contribution >= 4 is 18.5 Å². The van der Waals surface area contributed by atoms with Crippen LogP contribution in [0.25, 0.3) is 0 Å². The van der Waals surface area contributed by atoms with Gasteiger partial charge in [0.1, 0.15) is 11.5 Å². The van der Waals surface area contributed by atoms with E-state index in [0.717, 1.165) is 11.5 Å². The van der Waals surface area contributed by atoms with Gasteiger partial charge in [0.25, 0.3) is 0 Å². The van der Waals surface area contributed by atoms with E-state index in [0.29, 0.717) is 0 Å². The van der Waals surface area contributed by atoms with Gasteiger partial charge < -0.3 is 9.47 Å². The van der Waals surface area contributed by atoms with Crippen LogP contribution in [-0.4, -0.2) is 20.9 Å². The van der Waals surface area contributed by atoms with Crippen LogP contribution in [0.15, 0.2) is 24.3 Å². The molecule has 118 valence electrons. The lowest BCUT2D eigenvalue weighted by Crippen LogP contribution is -2.14. The number of methoxy groups -OCH3 is 2. The van der Waals surface area contributed by atoms with Crippen LogP contribution in [0.5, 0.6) is 11.5 Å². The van der Waals surface area contributed by atoms with Crippen molar-refractivity contribution in [1.29, 1.82) is 0 Å². The highest BCUT2D eigenvalue weighted by molar-refractivity contribution is 7.72. The van der Waals surface area contributed by atoms with Gasteiger partial charge in [0.05, 0.1) is 14.2 Å². The van der Waals surface area contributed by atoms with Crippen LogP contribution >= 0.6 is 7.92 Å². The van der Waals surface area contributed by atoms with E-state index >= 15 is 0 Å². The molecule has 0 unspecified atom stereocenters. The van der Waals surface area contributed by atoms with E-state index in [1.54, 1.807) is 14.2 Å². The summed E-state index contributed by atoms with van der Waals surface area (Å²) in [5, 5.41) is 2.77. The Labute approximate surface area is 135 Å². The van der Waals surface area contributed by atoms with Gasteiger partial charge in [-0.3, -0.25) is 0 Å². The highest BCUT2D eigenvalue weighted by atomic mass is 31.1. The molecule has 0 aliphatic heterocycles. The monoisotopic (exact) mass is 316 g/mol. The third kappa shape index (κ3) is 3.13. The Morgan fingerprint density at radius 2 is 0.909 bits per heavy atom. The zero-order valence-electron chi connectivity index (χ0n) is 14.6. The lowest BCUT2D eigenvalue weighted by molar-refractivity contribution is 0.408. The first-order valence-corrected chi connectivity index (χ1v) is 9.22. The molecule has 0 fully saturated rings. The molecule has 0 saturated heterocycles. The molecule has 2 rings (SSSR count). The second-order valence-corrected chi connectivity index (χ2v) is 7.94. The molecule has 2 aromatic carbocycles. The molecule has 0 N–H and O–H groups in total. The van der Waals surface area contributed by atoms with Crippen molar-refractivity contribution in [3.05, 3.63) is 46.5 Å². The Balaban J connectivity index is 2.46. The Bertz CT molecular complexity index is 586. The average molecular weight is 316 g/mol. The van der Waals surface area contributed by atoms with Crippen LogP contribution in [-0.2, 0) is 0 Å². The minimum absolute atomic E-state index is 0.381. The molecule has 0 aromatic heterocycles. The molecule has 22 heavy (non-hydrogen) atoms. The summed E-state index contributed by atoms with van der Waals surface area (Å²) in [7, 11) is 3.09. The Kier molecular flexibility index (Phi) is 5.13. The van der Waals surface area contributed by atoms with E-state index in [-0.39, 0.29) is 7.92 Å². The fraction of sp³-hybridized carbons (Fsp3) is 0.368. The van der Waals surface area contributed by atoms with Gasteiger partial charge in [0, 0.05) is 0 Å². The van der Waals surface area contributed by atoms with Crippen molar-refractivity contribution in [2.45, 2.75) is 27.7 Å². The maximum absolute atomic E-state index is 5.48. The number of hydrogen-bond donors (Lipinski definition) is 0. The summed E-state index contributed by atoms with van der Waals surface area (Å²) in [6.07, 6.45) is 0. The summed E-state index contributed by atoms with van der Waals surface area (Å²) in [5.74, 6) is 1.99. The third-order valence-corrected chi connectivity index (χ3v) is 6.14. The summed E-state index contributed by atoms with van der Waals surface area (Å²) in [6, 6.07) is 9.03. The first-order chi connectivity index (χ1) is 10.4. The maximum Gasteiger partial charge on any atom is 0.124 e. The molecule has 0 atom stereocenters. The molecule has 0 aliphatic rings. The van der Waals surface area contributed by atoms with Gasteiger partial charge in [-0.15, -0.1) is 0 Å². The van der Waals surface area contributed by atoms with E-state index in [9.17, 15) is 0 Å². The standard InChI is InChI=1S/C19H25O2P/c1-12-8-16(9-13(2)18(12)20-5)22(7)17-10-14(3)19(21-6)15(4)11-17/h8-11H,1-7H3. The quantitative estimate of drug-likeness (QED) is 0.794. The fourth-order valence-corrected chi connectivity index (χ4v) is 4.88. The molecule has 3 heteroatoms. The molecular formula is C19H25O2P. The van der Waals surface area contributed by atoms with Gasteiger partial charge in [0.15, 0.2) is 0 Å². The molecular weight excluding hydrogens is 291 g/mol. The van der Waals surface area contributed by atoms with E-state index in [4.69, 9.17) is 9.47 Å². The largest absolute Gasteiger partial charge is 0.496 e. The number of hydrogen-bond acceptors (Lipinski definition) is 2. The molecule has 2 aromatic rings. The van der Waals surface area contributed by atoms with Crippen molar-refractivity contribution in [2.75, 3.05) is 20.9 Å². The topological polar surface area (TPSA) is 18.5 Å². The molecule has 0 saturated carbocycles. The first kappa shape index (κ1) is 16.8. The minimum Gasteiger partial charge on any atom is -0.496 e. The molecule has 0 aliphatic carbocycles. The van der Waals surface area contributed by atoms with E-state index < -0.39 is 0 Å². The highest BCUT2D eigenvalue weighted by Crippen LogP contribution is 2.34. The van der Waals surface area contributed by atoms with Crippen molar-refractivity contribution < 1.29 is 9.47 Å². The smallest absolute Gasteiger partial charge is 0.124 e. The molecule has 0 amide bonds. The van der Waals surface area contributed by atoms with Crippen LogP contribution in [0, 0.1) is 27.7 Å². The zero-order valence-corrected chi connectivity index (χ0v) is 15.5. The summed E-state index contributed by atoms with van der Waals surface area (Å²) in [5.41, 5.74) is 4.81. The van der Waals surface area contributed by atoms with Crippen molar-refractivity contribution in [3.63, 3.8) is 0 Å². The van der Waals surface area contributed by atoms with E-state index in [2.05, 4.69) is 58.6 Å². The molecule has 0 radical (unpaired) electrons. The lowest BCUT2D eigenvalue weighted by atomic mass is 10.1. The SMILES string of the molecule is COc1c(C)cc(P(C)c2cc(C)c(OC)c(C)c2)cc1C. The van der Waals surface area contributed by atoms with Crippen molar-refractivity contribution in [2.24, 2.45) is 0 Å². The molecule has 0 heterocycles. The molecule has 0 spiro atoms.